The van der Waals surface area contributed by atoms with E-state index in [0.29, 0.717) is 0 Å². The zero-order chi connectivity index (χ0) is 9.10. The lowest BCUT2D eigenvalue weighted by Crippen LogP contribution is -2.23. The van der Waals surface area contributed by atoms with E-state index in [-0.39, 0.29) is 0 Å². The van der Waals surface area contributed by atoms with Gasteiger partial charge in [0, 0.05) is 11.4 Å². The highest BCUT2D eigenvalue weighted by Gasteiger charge is 2.04. The summed E-state index contributed by atoms with van der Waals surface area (Å²) in [6, 6.07) is 2.26. The third kappa shape index (κ3) is 2.42. The van der Waals surface area contributed by atoms with Gasteiger partial charge >= 0.3 is 0 Å². The van der Waals surface area contributed by atoms with E-state index in [4.69, 9.17) is 0 Å². The van der Waals surface area contributed by atoms with E-state index in [1.54, 1.807) is 5.57 Å². The second-order valence-electron chi connectivity index (χ2n) is 3.57. The van der Waals surface area contributed by atoms with Crippen LogP contribution in [-0.4, -0.2) is 13.1 Å². The molecule has 13 heavy (non-hydrogen) atoms. The highest BCUT2D eigenvalue weighted by molar-refractivity contribution is 7.10. The molecule has 1 fully saturated rings. The lowest BCUT2D eigenvalue weighted by molar-refractivity contribution is 0.613. The number of aryl methyl sites for hydroxylation is 1. The average Bonchev–Trinajstić information content (AvgIpc) is 2.53. The third-order valence-corrected chi connectivity index (χ3v) is 3.20. The fraction of sp³-hybridized carbons (Fsp3) is 0.455. The number of hydrogen-bond acceptors (Lipinski definition) is 2. The maximum absolute atomic E-state index is 3.40. The molecule has 0 radical (unpaired) electrons. The van der Waals surface area contributed by atoms with Crippen molar-refractivity contribution in [3.8, 4) is 0 Å². The van der Waals surface area contributed by atoms with Crippen molar-refractivity contribution in [2.75, 3.05) is 13.1 Å². The zero-order valence-electron chi connectivity index (χ0n) is 7.97. The molecule has 70 valence electrons. The highest BCUT2D eigenvalue weighted by atomic mass is 32.1. The first kappa shape index (κ1) is 8.97. The second-order valence-corrected chi connectivity index (χ2v) is 4.69. The summed E-state index contributed by atoms with van der Waals surface area (Å²) in [5, 5.41) is 5.63. The summed E-state index contributed by atoms with van der Waals surface area (Å²) < 4.78 is 0. The van der Waals surface area contributed by atoms with Gasteiger partial charge in [0.15, 0.2) is 0 Å². The molecule has 1 N–H and O–H groups in total. The second kappa shape index (κ2) is 4.07. The van der Waals surface area contributed by atoms with Crippen LogP contribution in [0, 0.1) is 6.92 Å². The van der Waals surface area contributed by atoms with Crippen molar-refractivity contribution in [1.82, 2.24) is 5.32 Å². The van der Waals surface area contributed by atoms with Crippen molar-refractivity contribution < 1.29 is 0 Å². The number of thiophene rings is 1. The smallest absolute Gasteiger partial charge is 0.0167 e. The molecule has 0 atom stereocenters. The first-order chi connectivity index (χ1) is 6.34. The summed E-state index contributed by atoms with van der Waals surface area (Å²) in [6.07, 6.45) is 4.88. The monoisotopic (exact) mass is 193 g/mol. The zero-order valence-corrected chi connectivity index (χ0v) is 8.79. The number of nitrogens with one attached hydrogen (secondary N) is 1. The van der Waals surface area contributed by atoms with Crippen LogP contribution in [0.25, 0.3) is 6.08 Å². The minimum atomic E-state index is 1.08. The molecule has 2 heteroatoms. The number of hydrogen-bond donors (Lipinski definition) is 1. The SMILES string of the molecule is Cc1cc(/C=C2/CCCNC2)cs1. The molecule has 2 rings (SSSR count). The van der Waals surface area contributed by atoms with Gasteiger partial charge < -0.3 is 5.32 Å². The van der Waals surface area contributed by atoms with Crippen LogP contribution in [0.2, 0.25) is 0 Å². The van der Waals surface area contributed by atoms with Crippen LogP contribution in [0.15, 0.2) is 17.0 Å². The summed E-state index contributed by atoms with van der Waals surface area (Å²) in [6.45, 7) is 4.42. The van der Waals surface area contributed by atoms with E-state index in [9.17, 15) is 0 Å². The van der Waals surface area contributed by atoms with Crippen molar-refractivity contribution in [3.63, 3.8) is 0 Å². The first-order valence-corrected chi connectivity index (χ1v) is 5.68. The van der Waals surface area contributed by atoms with Gasteiger partial charge in [0.2, 0.25) is 0 Å². The Hall–Kier alpha value is -0.600. The van der Waals surface area contributed by atoms with Crippen molar-refractivity contribution in [1.29, 1.82) is 0 Å². The van der Waals surface area contributed by atoms with Gasteiger partial charge in [-0.3, -0.25) is 0 Å². The molecular weight excluding hydrogens is 178 g/mol. The quantitative estimate of drug-likeness (QED) is 0.723. The molecule has 0 aliphatic carbocycles. The van der Waals surface area contributed by atoms with Crippen LogP contribution in [0.4, 0.5) is 0 Å². The Morgan fingerprint density at radius 2 is 2.46 bits per heavy atom. The Morgan fingerprint density at radius 1 is 1.54 bits per heavy atom. The van der Waals surface area contributed by atoms with Crippen molar-refractivity contribution in [3.05, 3.63) is 27.5 Å². The maximum Gasteiger partial charge on any atom is 0.0167 e. The number of piperidine rings is 1. The van der Waals surface area contributed by atoms with Gasteiger partial charge in [-0.25, -0.2) is 0 Å². The summed E-state index contributed by atoms with van der Waals surface area (Å²) in [7, 11) is 0. The predicted octanol–water partition coefficient (Wildman–Crippen LogP) is 2.82. The van der Waals surface area contributed by atoms with Crippen molar-refractivity contribution in [2.45, 2.75) is 19.8 Å². The summed E-state index contributed by atoms with van der Waals surface area (Å²) >= 11 is 1.83. The minimum absolute atomic E-state index is 1.08. The van der Waals surface area contributed by atoms with Gasteiger partial charge in [0.05, 0.1) is 0 Å². The molecule has 1 aromatic rings. The molecule has 0 unspecified atom stereocenters. The van der Waals surface area contributed by atoms with Crippen LogP contribution in [-0.2, 0) is 0 Å². The Labute approximate surface area is 83.5 Å². The van der Waals surface area contributed by atoms with Crippen LogP contribution < -0.4 is 5.32 Å². The van der Waals surface area contributed by atoms with Crippen LogP contribution in [0.1, 0.15) is 23.3 Å². The van der Waals surface area contributed by atoms with Gasteiger partial charge in [0.25, 0.3) is 0 Å². The maximum atomic E-state index is 3.40. The largest absolute Gasteiger partial charge is 0.313 e. The van der Waals surface area contributed by atoms with Crippen molar-refractivity contribution >= 4 is 17.4 Å². The summed E-state index contributed by atoms with van der Waals surface area (Å²) in [5.74, 6) is 0. The molecule has 0 amide bonds. The van der Waals surface area contributed by atoms with E-state index in [1.807, 2.05) is 11.3 Å². The van der Waals surface area contributed by atoms with Crippen molar-refractivity contribution in [2.24, 2.45) is 0 Å². The van der Waals surface area contributed by atoms with E-state index in [2.05, 4.69) is 29.8 Å². The number of rotatable bonds is 1. The molecule has 1 aliphatic heterocycles. The third-order valence-electron chi connectivity index (χ3n) is 2.33. The Kier molecular flexibility index (Phi) is 2.81. The summed E-state index contributed by atoms with van der Waals surface area (Å²) in [4.78, 5) is 1.40. The van der Waals surface area contributed by atoms with Gasteiger partial charge in [-0.2, -0.15) is 0 Å². The first-order valence-electron chi connectivity index (χ1n) is 4.80. The minimum Gasteiger partial charge on any atom is -0.313 e. The average molecular weight is 193 g/mol. The standard InChI is InChI=1S/C11H15NS/c1-9-5-11(8-13-9)6-10-3-2-4-12-7-10/h5-6,8,12H,2-4,7H2,1H3/b10-6-. The molecule has 2 heterocycles. The van der Waals surface area contributed by atoms with E-state index >= 15 is 0 Å². The predicted molar refractivity (Wildman–Crippen MR) is 59.1 cm³/mol. The molecule has 0 aromatic carbocycles. The van der Waals surface area contributed by atoms with Crippen LogP contribution in [0.5, 0.6) is 0 Å². The van der Waals surface area contributed by atoms with E-state index in [1.165, 1.54) is 29.8 Å². The molecule has 1 aliphatic rings. The molecule has 1 saturated heterocycles. The summed E-state index contributed by atoms with van der Waals surface area (Å²) in [5.41, 5.74) is 2.92. The van der Waals surface area contributed by atoms with Gasteiger partial charge in [-0.05, 0) is 43.3 Å². The Morgan fingerprint density at radius 3 is 3.08 bits per heavy atom. The van der Waals surface area contributed by atoms with Crippen LogP contribution in [0.3, 0.4) is 0 Å². The van der Waals surface area contributed by atoms with E-state index < -0.39 is 0 Å². The molecular formula is C11H15NS. The van der Waals surface area contributed by atoms with Gasteiger partial charge in [-0.1, -0.05) is 11.6 Å². The fourth-order valence-corrected chi connectivity index (χ4v) is 2.34. The van der Waals surface area contributed by atoms with E-state index in [0.717, 1.165) is 6.54 Å². The Bertz CT molecular complexity index is 304. The molecule has 0 saturated carbocycles. The lowest BCUT2D eigenvalue weighted by Gasteiger charge is -2.14. The van der Waals surface area contributed by atoms with Gasteiger partial charge in [0.1, 0.15) is 0 Å². The Balaban J connectivity index is 2.09. The fourth-order valence-electron chi connectivity index (χ4n) is 1.68. The lowest BCUT2D eigenvalue weighted by atomic mass is 10.0. The molecule has 0 spiro atoms. The normalized spacial score (nSPS) is 20.8. The topological polar surface area (TPSA) is 12.0 Å². The molecule has 0 bridgehead atoms. The van der Waals surface area contributed by atoms with Gasteiger partial charge in [-0.15, -0.1) is 11.3 Å². The molecule has 1 aromatic heterocycles. The molecule has 1 nitrogen and oxygen atoms in total. The van der Waals surface area contributed by atoms with Crippen LogP contribution >= 0.6 is 11.3 Å². The highest BCUT2D eigenvalue weighted by Crippen LogP contribution is 2.18.